The van der Waals surface area contributed by atoms with E-state index in [2.05, 4.69) is 20.0 Å². The molecule has 2 aromatic rings. The van der Waals surface area contributed by atoms with Crippen LogP contribution in [0.5, 0.6) is 0 Å². The number of nitrogens with one attached hydrogen (secondary N) is 1. The lowest BCUT2D eigenvalue weighted by molar-refractivity contribution is 1.05. The summed E-state index contributed by atoms with van der Waals surface area (Å²) in [7, 11) is 0. The molecule has 1 aromatic heterocycles. The van der Waals surface area contributed by atoms with Crippen molar-refractivity contribution < 1.29 is 0 Å². The fraction of sp³-hybridized carbons (Fsp3) is 0.154. The maximum atomic E-state index is 5.97. The average Bonchev–Trinajstić information content (AvgIpc) is 2.87. The number of hydrogen-bond donors (Lipinski definition) is 1. The molecule has 96 valence electrons. The van der Waals surface area contributed by atoms with Crippen LogP contribution < -0.4 is 0 Å². The van der Waals surface area contributed by atoms with Gasteiger partial charge in [-0.25, -0.2) is 9.98 Å². The van der Waals surface area contributed by atoms with Crippen LogP contribution in [-0.2, 0) is 13.0 Å². The summed E-state index contributed by atoms with van der Waals surface area (Å²) in [6, 6.07) is 5.52. The summed E-state index contributed by atoms with van der Waals surface area (Å²) in [5.41, 5.74) is 2.93. The van der Waals surface area contributed by atoms with E-state index in [1.54, 1.807) is 18.6 Å². The zero-order chi connectivity index (χ0) is 13.2. The van der Waals surface area contributed by atoms with Crippen LogP contribution in [0.2, 0.25) is 10.0 Å². The number of halogens is 2. The lowest BCUT2D eigenvalue weighted by Gasteiger charge is -2.06. The summed E-state index contributed by atoms with van der Waals surface area (Å²) < 4.78 is 0. The molecule has 2 heterocycles. The normalized spacial score (nSPS) is 15.8. The van der Waals surface area contributed by atoms with E-state index in [1.807, 2.05) is 12.1 Å². The molecule has 1 aromatic carbocycles. The molecule has 1 N–H and O–H groups in total. The number of aliphatic imine (C=N–C) groups is 2. The molecular weight excluding hydrogens is 283 g/mol. The van der Waals surface area contributed by atoms with Crippen LogP contribution in [0.25, 0.3) is 0 Å². The second kappa shape index (κ2) is 5.15. The highest BCUT2D eigenvalue weighted by Gasteiger charge is 2.12. The fourth-order valence-corrected chi connectivity index (χ4v) is 2.17. The standard InChI is InChI=1S/C13H10Cl2N4/c14-10-2-1-8(3-11(10)15)5-16-9-4-12-13(17-6-9)19-7-18-12/h1-3,6-7H,4-5H2,(H,18,19). The molecule has 0 aliphatic carbocycles. The maximum absolute atomic E-state index is 5.97. The highest BCUT2D eigenvalue weighted by atomic mass is 35.5. The van der Waals surface area contributed by atoms with Crippen LogP contribution in [-0.4, -0.2) is 21.9 Å². The molecule has 3 rings (SSSR count). The Kier molecular flexibility index (Phi) is 3.36. The highest BCUT2D eigenvalue weighted by molar-refractivity contribution is 6.42. The van der Waals surface area contributed by atoms with Crippen LogP contribution >= 0.6 is 23.2 Å². The molecule has 4 nitrogen and oxygen atoms in total. The number of hydrogen-bond acceptors (Lipinski definition) is 3. The molecule has 0 radical (unpaired) electrons. The predicted molar refractivity (Wildman–Crippen MR) is 78.0 cm³/mol. The molecule has 19 heavy (non-hydrogen) atoms. The lowest BCUT2D eigenvalue weighted by Crippen LogP contribution is -2.09. The Hall–Kier alpha value is -1.65. The van der Waals surface area contributed by atoms with Crippen LogP contribution in [0.4, 0.5) is 5.82 Å². The molecule has 0 atom stereocenters. The van der Waals surface area contributed by atoms with Crippen LogP contribution in [0, 0.1) is 0 Å². The van der Waals surface area contributed by atoms with Crippen LogP contribution in [0.3, 0.4) is 0 Å². The van der Waals surface area contributed by atoms with Crippen molar-refractivity contribution in [2.75, 3.05) is 0 Å². The topological polar surface area (TPSA) is 53.4 Å². The van der Waals surface area contributed by atoms with E-state index in [0.717, 1.165) is 29.2 Å². The zero-order valence-corrected chi connectivity index (χ0v) is 11.4. The number of H-pyrrole nitrogens is 1. The Labute approximate surface area is 120 Å². The second-order valence-electron chi connectivity index (χ2n) is 4.20. The van der Waals surface area contributed by atoms with Gasteiger partial charge < -0.3 is 4.98 Å². The van der Waals surface area contributed by atoms with E-state index in [9.17, 15) is 0 Å². The Morgan fingerprint density at radius 1 is 1.26 bits per heavy atom. The third-order valence-corrected chi connectivity index (χ3v) is 3.58. The summed E-state index contributed by atoms with van der Waals surface area (Å²) in [6.07, 6.45) is 4.12. The van der Waals surface area contributed by atoms with Gasteiger partial charge in [0.05, 0.1) is 40.5 Å². The monoisotopic (exact) mass is 292 g/mol. The van der Waals surface area contributed by atoms with Gasteiger partial charge in [-0.2, -0.15) is 0 Å². The Morgan fingerprint density at radius 3 is 3.00 bits per heavy atom. The van der Waals surface area contributed by atoms with E-state index in [-0.39, 0.29) is 0 Å². The number of imidazole rings is 1. The van der Waals surface area contributed by atoms with Crippen molar-refractivity contribution in [3.8, 4) is 0 Å². The average molecular weight is 293 g/mol. The first kappa shape index (κ1) is 12.4. The molecule has 0 spiro atoms. The van der Waals surface area contributed by atoms with Crippen molar-refractivity contribution in [1.29, 1.82) is 0 Å². The molecular formula is C13H10Cl2N4. The van der Waals surface area contributed by atoms with Gasteiger partial charge in [0, 0.05) is 6.42 Å². The van der Waals surface area contributed by atoms with Crippen LogP contribution in [0.15, 0.2) is 34.5 Å². The van der Waals surface area contributed by atoms with Gasteiger partial charge in [0.15, 0.2) is 5.82 Å². The largest absolute Gasteiger partial charge is 0.346 e. The minimum Gasteiger partial charge on any atom is -0.346 e. The van der Waals surface area contributed by atoms with Crippen molar-refractivity contribution in [2.24, 2.45) is 9.98 Å². The summed E-state index contributed by atoms with van der Waals surface area (Å²) in [6.45, 7) is 0.557. The van der Waals surface area contributed by atoms with E-state index in [1.165, 1.54) is 0 Å². The van der Waals surface area contributed by atoms with Gasteiger partial charge in [-0.15, -0.1) is 0 Å². The molecule has 0 amide bonds. The molecule has 0 saturated heterocycles. The number of aromatic amines is 1. The molecule has 0 unspecified atom stereocenters. The quantitative estimate of drug-likeness (QED) is 0.903. The molecule has 0 fully saturated rings. The Balaban J connectivity index is 1.75. The fourth-order valence-electron chi connectivity index (χ4n) is 1.85. The van der Waals surface area contributed by atoms with E-state index >= 15 is 0 Å². The van der Waals surface area contributed by atoms with E-state index in [4.69, 9.17) is 23.2 Å². The van der Waals surface area contributed by atoms with Gasteiger partial charge in [0.25, 0.3) is 0 Å². The molecule has 0 bridgehead atoms. The van der Waals surface area contributed by atoms with E-state index < -0.39 is 0 Å². The smallest absolute Gasteiger partial charge is 0.173 e. The van der Waals surface area contributed by atoms with Crippen molar-refractivity contribution in [3.05, 3.63) is 45.8 Å². The van der Waals surface area contributed by atoms with E-state index in [0.29, 0.717) is 16.6 Å². The van der Waals surface area contributed by atoms with Gasteiger partial charge in [-0.1, -0.05) is 29.3 Å². The lowest BCUT2D eigenvalue weighted by atomic mass is 10.1. The first-order valence-corrected chi connectivity index (χ1v) is 6.51. The number of fused-ring (bicyclic) bond motifs is 1. The maximum Gasteiger partial charge on any atom is 0.173 e. The van der Waals surface area contributed by atoms with Gasteiger partial charge in [-0.05, 0) is 17.7 Å². The molecule has 1 aliphatic heterocycles. The van der Waals surface area contributed by atoms with Gasteiger partial charge in [-0.3, -0.25) is 4.99 Å². The van der Waals surface area contributed by atoms with Crippen molar-refractivity contribution in [3.63, 3.8) is 0 Å². The van der Waals surface area contributed by atoms with Gasteiger partial charge in [0.1, 0.15) is 0 Å². The first-order valence-electron chi connectivity index (χ1n) is 5.76. The summed E-state index contributed by atoms with van der Waals surface area (Å²) in [5.74, 6) is 0.744. The predicted octanol–water partition coefficient (Wildman–Crippen LogP) is 3.62. The van der Waals surface area contributed by atoms with Crippen LogP contribution in [0.1, 0.15) is 11.3 Å². The zero-order valence-electron chi connectivity index (χ0n) is 9.90. The van der Waals surface area contributed by atoms with Crippen molar-refractivity contribution in [1.82, 2.24) is 9.97 Å². The number of nitrogens with zero attached hydrogens (tertiary/aromatic N) is 3. The Morgan fingerprint density at radius 2 is 2.16 bits per heavy atom. The Bertz CT molecular complexity index is 673. The third kappa shape index (κ3) is 2.69. The first-order chi connectivity index (χ1) is 9.22. The molecule has 0 saturated carbocycles. The number of benzene rings is 1. The number of aromatic nitrogens is 2. The van der Waals surface area contributed by atoms with Crippen molar-refractivity contribution >= 4 is 40.9 Å². The highest BCUT2D eigenvalue weighted by Crippen LogP contribution is 2.23. The molecule has 1 aliphatic rings. The van der Waals surface area contributed by atoms with Gasteiger partial charge in [0.2, 0.25) is 0 Å². The summed E-state index contributed by atoms with van der Waals surface area (Å²) in [5, 5.41) is 1.10. The van der Waals surface area contributed by atoms with Crippen molar-refractivity contribution in [2.45, 2.75) is 13.0 Å². The SMILES string of the molecule is Clc1ccc(CN=C2C=Nc3nc[nH]c3C2)cc1Cl. The number of rotatable bonds is 2. The second-order valence-corrected chi connectivity index (χ2v) is 5.01. The third-order valence-electron chi connectivity index (χ3n) is 2.84. The summed E-state index contributed by atoms with van der Waals surface area (Å²) >= 11 is 11.8. The minimum atomic E-state index is 0.549. The molecule has 6 heteroatoms. The van der Waals surface area contributed by atoms with Gasteiger partial charge >= 0.3 is 0 Å². The minimum absolute atomic E-state index is 0.549. The summed E-state index contributed by atoms with van der Waals surface area (Å²) in [4.78, 5) is 15.9.